The van der Waals surface area contributed by atoms with Crippen LogP contribution in [0.2, 0.25) is 0 Å². The monoisotopic (exact) mass is 668 g/mol. The maximum Gasteiger partial charge on any atom is 0.265 e. The number of halogens is 3. The molecular formula is C31H87B3Cl3N5. The van der Waals surface area contributed by atoms with Gasteiger partial charge in [-0.25, -0.2) is 4.42 Å². The summed E-state index contributed by atoms with van der Waals surface area (Å²) >= 11 is 11.6. The van der Waals surface area contributed by atoms with Gasteiger partial charge in [0.25, 0.3) is 6.83 Å². The van der Waals surface area contributed by atoms with Crippen LogP contribution in [-0.2, 0) is 0 Å². The number of nitrogens with one attached hydrogen (secondary N) is 3. The smallest absolute Gasteiger partial charge is 0.265 e. The minimum absolute atomic E-state index is 0. The summed E-state index contributed by atoms with van der Waals surface area (Å²) < 4.78 is 1.81. The van der Waals surface area contributed by atoms with Crippen LogP contribution in [0, 0.1) is 0 Å². The molecule has 0 atom stereocenters. The number of rotatable bonds is 11. The van der Waals surface area contributed by atoms with Crippen molar-refractivity contribution in [3.05, 3.63) is 0 Å². The molecule has 5 nitrogen and oxygen atoms in total. The maximum atomic E-state index is 5.85. The van der Waals surface area contributed by atoms with Crippen molar-refractivity contribution >= 4 is 58.4 Å². The first kappa shape index (κ1) is 58.4. The molecule has 0 aromatic carbocycles. The highest BCUT2D eigenvalue weighted by molar-refractivity contribution is 6.88. The predicted octanol–water partition coefficient (Wildman–Crippen LogP) is 4.50. The third-order valence-corrected chi connectivity index (χ3v) is 7.21. The quantitative estimate of drug-likeness (QED) is 0.224. The van der Waals surface area contributed by atoms with Gasteiger partial charge in [0, 0.05) is 49.8 Å². The van der Waals surface area contributed by atoms with Gasteiger partial charge < -0.3 is 31.2 Å². The van der Waals surface area contributed by atoms with Gasteiger partial charge in [-0.15, -0.1) is 12.4 Å². The summed E-state index contributed by atoms with van der Waals surface area (Å²) in [5, 5.41) is 3.31. The minimum Gasteiger partial charge on any atom is -0.529 e. The van der Waals surface area contributed by atoms with Crippen molar-refractivity contribution in [3.8, 4) is 0 Å². The molecular weight excluding hydrogens is 581 g/mol. The lowest BCUT2D eigenvalue weighted by Gasteiger charge is -2.32. The van der Waals surface area contributed by atoms with Crippen LogP contribution >= 0.6 is 35.6 Å². The highest BCUT2D eigenvalue weighted by Gasteiger charge is 2.09. The van der Waals surface area contributed by atoms with Crippen molar-refractivity contribution < 1.29 is 11.0 Å². The Morgan fingerprint density at radius 1 is 0.619 bits per heavy atom. The first-order chi connectivity index (χ1) is 17.9. The molecule has 3 N–H and O–H groups in total. The zero-order valence-corrected chi connectivity index (χ0v) is 33.7. The molecule has 11 heteroatoms. The van der Waals surface area contributed by atoms with Crippen LogP contribution in [0.1, 0.15) is 147 Å². The molecule has 0 heterocycles. The van der Waals surface area contributed by atoms with Crippen LogP contribution in [0.3, 0.4) is 0 Å². The lowest BCUT2D eigenvalue weighted by Crippen LogP contribution is -3.18. The van der Waals surface area contributed by atoms with Gasteiger partial charge in [0.1, 0.15) is 0 Å². The summed E-state index contributed by atoms with van der Waals surface area (Å²) in [4.78, 5) is 5.77. The average Bonchev–Trinajstić information content (AvgIpc) is 2.77. The molecule has 0 aromatic heterocycles. The Kier molecular flexibility index (Phi) is 48.3. The van der Waals surface area contributed by atoms with Crippen molar-refractivity contribution in [1.29, 1.82) is 0 Å². The van der Waals surface area contributed by atoms with E-state index >= 15 is 0 Å². The van der Waals surface area contributed by atoms with Gasteiger partial charge in [-0.1, -0.05) is 62.8 Å². The average molecular weight is 669 g/mol. The van der Waals surface area contributed by atoms with Gasteiger partial charge in [-0.2, -0.15) is 0 Å². The Labute approximate surface area is 289 Å². The molecule has 0 radical (unpaired) electrons. The van der Waals surface area contributed by atoms with Crippen molar-refractivity contribution in [2.75, 3.05) is 0 Å². The van der Waals surface area contributed by atoms with E-state index in [9.17, 15) is 0 Å². The Balaban J connectivity index is -0.0000000584. The van der Waals surface area contributed by atoms with E-state index in [2.05, 4.69) is 157 Å². The van der Waals surface area contributed by atoms with Crippen LogP contribution in [0.5, 0.6) is 0 Å². The number of hydrogen-bond donors (Lipinski definition) is 3. The minimum atomic E-state index is -0.269. The van der Waals surface area contributed by atoms with Crippen LogP contribution < -0.4 is 14.9 Å². The zero-order valence-electron chi connectivity index (χ0n) is 31.3. The van der Waals surface area contributed by atoms with E-state index in [0.717, 1.165) is 12.1 Å². The Morgan fingerprint density at radius 3 is 0.881 bits per heavy atom. The lowest BCUT2D eigenvalue weighted by atomic mass is 10.1. The summed E-state index contributed by atoms with van der Waals surface area (Å²) in [5.41, 5.74) is 0. The first-order valence-corrected chi connectivity index (χ1v) is 16.9. The van der Waals surface area contributed by atoms with Gasteiger partial charge in [0.05, 0.1) is 0 Å². The van der Waals surface area contributed by atoms with E-state index < -0.39 is 0 Å². The second-order valence-electron chi connectivity index (χ2n) is 13.6. The van der Waals surface area contributed by atoms with E-state index in [-0.39, 0.29) is 28.1 Å². The third kappa shape index (κ3) is 43.0. The molecule has 0 aliphatic carbocycles. The van der Waals surface area contributed by atoms with E-state index in [4.69, 9.17) is 23.2 Å². The van der Waals surface area contributed by atoms with Gasteiger partial charge in [-0.05, 0) is 107 Å². The molecule has 0 aliphatic rings. The lowest BCUT2D eigenvalue weighted by molar-refractivity contribution is -0.830. The summed E-state index contributed by atoms with van der Waals surface area (Å²) in [7, 11) is 2.66. The van der Waals surface area contributed by atoms with Crippen LogP contribution in [0.15, 0.2) is 0 Å². The summed E-state index contributed by atoms with van der Waals surface area (Å²) in [6.45, 7) is 43.6. The molecule has 42 heavy (non-hydrogen) atoms. The number of nitrogens with zero attached hydrogens (tertiary/aromatic N) is 2. The van der Waals surface area contributed by atoms with Gasteiger partial charge in [0.15, 0.2) is 16.0 Å². The first-order valence-electron chi connectivity index (χ1n) is 15.8. The van der Waals surface area contributed by atoms with Crippen molar-refractivity contribution in [3.63, 3.8) is 0 Å². The second kappa shape index (κ2) is 34.7. The largest absolute Gasteiger partial charge is 0.529 e. The molecule has 0 rings (SSSR count). The SMILES string of the molecule is BN(C(C)C)C(C)C.C.CC(C)N(Cl)C(C)C.CC(C)NC(C)C.CC(C)[NH+]([BH2-]Cl)C(C)C.Cl.[BH3-][NH+](C(C)C)C(C)C.[HH]. The maximum absolute atomic E-state index is 5.85. The van der Waals surface area contributed by atoms with E-state index in [0.29, 0.717) is 56.3 Å². The molecule has 0 saturated heterocycles. The number of hydrogen-bond acceptors (Lipinski definition) is 3. The molecule has 0 amide bonds. The molecule has 0 aliphatic heterocycles. The highest BCUT2D eigenvalue weighted by Crippen LogP contribution is 2.06. The highest BCUT2D eigenvalue weighted by atomic mass is 35.5. The van der Waals surface area contributed by atoms with Crippen molar-refractivity contribution in [2.24, 2.45) is 0 Å². The Bertz CT molecular complexity index is 438. The Hall–Kier alpha value is 0.865. The van der Waals surface area contributed by atoms with Crippen LogP contribution in [0.25, 0.3) is 0 Å². The number of quaternary nitrogens is 2. The summed E-state index contributed by atoms with van der Waals surface area (Å²) in [6.07, 6.45) is 0. The van der Waals surface area contributed by atoms with Crippen LogP contribution in [0.4, 0.5) is 0 Å². The Morgan fingerprint density at radius 2 is 0.881 bits per heavy atom. The summed E-state index contributed by atoms with van der Waals surface area (Å²) in [6, 6.07) is 6.62. The fourth-order valence-corrected chi connectivity index (χ4v) is 4.50. The van der Waals surface area contributed by atoms with Gasteiger partial charge in [-0.3, -0.25) is 0 Å². The fraction of sp³-hybridized carbons (Fsp3) is 1.00. The van der Waals surface area contributed by atoms with Gasteiger partial charge in [0.2, 0.25) is 0 Å². The molecule has 0 fully saturated rings. The van der Waals surface area contributed by atoms with E-state index in [1.54, 1.807) is 9.23 Å². The predicted molar refractivity (Wildman–Crippen MR) is 215 cm³/mol. The molecule has 0 saturated carbocycles. The van der Waals surface area contributed by atoms with Crippen molar-refractivity contribution in [2.45, 2.75) is 206 Å². The molecule has 0 bridgehead atoms. The molecule has 266 valence electrons. The normalized spacial score (nSPS) is 11.3. The zero-order chi connectivity index (χ0) is 33.5. The molecule has 0 aromatic rings. The van der Waals surface area contributed by atoms with E-state index in [1.165, 1.54) is 0 Å². The molecule has 0 unspecified atom stereocenters. The van der Waals surface area contributed by atoms with Crippen molar-refractivity contribution in [1.82, 2.24) is 14.5 Å². The van der Waals surface area contributed by atoms with E-state index in [1.807, 2.05) is 4.81 Å². The third-order valence-electron chi connectivity index (χ3n) is 5.99. The summed E-state index contributed by atoms with van der Waals surface area (Å²) in [5.74, 6) is 0. The van der Waals surface area contributed by atoms with Gasteiger partial charge >= 0.3 is 0 Å². The molecule has 0 spiro atoms. The topological polar surface area (TPSA) is 27.4 Å². The standard InChI is InChI=1S/C6H17BClN.C6H18BN.C6H16BN.C6H14ClN.C6H15N.CH4.ClH.H2/c1-5(2)9(7-8)6(3)4;3*1-5(2)8(7)6(3)4;1-5(2)7-6(3)4;;;/h5-6,9H,7H2,1-4H3;5-6,8H,1-4,7H3;5-6H,7H2,1-4H3;5-6H,1-4H3;5-7H,1-4H3;1H4;2*1H. The second-order valence-corrected chi connectivity index (χ2v) is 14.3. The fourth-order valence-electron chi connectivity index (χ4n) is 3.63. The van der Waals surface area contributed by atoms with Crippen LogP contribution in [-0.4, -0.2) is 92.4 Å².